The van der Waals surface area contributed by atoms with Gasteiger partial charge in [-0.15, -0.1) is 0 Å². The number of hydrogen-bond acceptors (Lipinski definition) is 6. The molecule has 0 spiro atoms. The van der Waals surface area contributed by atoms with Gasteiger partial charge in [-0.1, -0.05) is 5.16 Å². The van der Waals surface area contributed by atoms with Crippen LogP contribution in [0.3, 0.4) is 0 Å². The quantitative estimate of drug-likeness (QED) is 0.856. The SMILES string of the molecule is NC(=O)C1CCN(Cc2nc(COc3ccc(F)cc3)no2)C1. The van der Waals surface area contributed by atoms with Crippen LogP contribution in [-0.2, 0) is 17.9 Å². The van der Waals surface area contributed by atoms with Crippen LogP contribution in [0.4, 0.5) is 4.39 Å². The number of benzene rings is 1. The number of amides is 1. The monoisotopic (exact) mass is 320 g/mol. The van der Waals surface area contributed by atoms with Crippen LogP contribution in [0.15, 0.2) is 28.8 Å². The van der Waals surface area contributed by atoms with Crippen molar-refractivity contribution in [3.05, 3.63) is 41.8 Å². The van der Waals surface area contributed by atoms with Gasteiger partial charge in [-0.25, -0.2) is 4.39 Å². The summed E-state index contributed by atoms with van der Waals surface area (Å²) in [4.78, 5) is 17.4. The van der Waals surface area contributed by atoms with Crippen LogP contribution in [-0.4, -0.2) is 34.0 Å². The molecule has 0 saturated carbocycles. The fraction of sp³-hybridized carbons (Fsp3) is 0.400. The maximum Gasteiger partial charge on any atom is 0.240 e. The number of halogens is 1. The Morgan fingerprint density at radius 2 is 2.22 bits per heavy atom. The Hall–Kier alpha value is -2.48. The van der Waals surface area contributed by atoms with Gasteiger partial charge in [0.15, 0.2) is 6.61 Å². The average molecular weight is 320 g/mol. The summed E-state index contributed by atoms with van der Waals surface area (Å²) in [6, 6.07) is 5.70. The fourth-order valence-electron chi connectivity index (χ4n) is 2.49. The summed E-state index contributed by atoms with van der Waals surface area (Å²) >= 11 is 0. The Morgan fingerprint density at radius 1 is 1.43 bits per heavy atom. The van der Waals surface area contributed by atoms with Crippen LogP contribution in [0, 0.1) is 11.7 Å². The highest BCUT2D eigenvalue weighted by molar-refractivity contribution is 5.77. The minimum atomic E-state index is -0.320. The van der Waals surface area contributed by atoms with Gasteiger partial charge in [-0.05, 0) is 37.2 Å². The van der Waals surface area contributed by atoms with E-state index >= 15 is 0 Å². The molecule has 2 heterocycles. The average Bonchev–Trinajstić information content (AvgIpc) is 3.17. The molecular weight excluding hydrogens is 303 g/mol. The third-order valence-electron chi connectivity index (χ3n) is 3.73. The van der Waals surface area contributed by atoms with E-state index < -0.39 is 0 Å². The van der Waals surface area contributed by atoms with E-state index in [0.29, 0.717) is 30.6 Å². The number of primary amides is 1. The molecular formula is C15H17FN4O3. The van der Waals surface area contributed by atoms with Crippen molar-refractivity contribution in [2.75, 3.05) is 13.1 Å². The molecule has 1 unspecified atom stereocenters. The Labute approximate surface area is 132 Å². The Balaban J connectivity index is 1.50. The van der Waals surface area contributed by atoms with Crippen molar-refractivity contribution in [1.82, 2.24) is 15.0 Å². The number of ether oxygens (including phenoxy) is 1. The number of carbonyl (C=O) groups excluding carboxylic acids is 1. The summed E-state index contributed by atoms with van der Waals surface area (Å²) in [5.41, 5.74) is 5.30. The summed E-state index contributed by atoms with van der Waals surface area (Å²) < 4.78 is 23.4. The molecule has 1 saturated heterocycles. The van der Waals surface area contributed by atoms with Gasteiger partial charge in [0.25, 0.3) is 0 Å². The third kappa shape index (κ3) is 4.04. The molecule has 8 heteroatoms. The molecule has 0 aliphatic carbocycles. The second kappa shape index (κ2) is 6.74. The van der Waals surface area contributed by atoms with Crippen LogP contribution in [0.2, 0.25) is 0 Å². The van der Waals surface area contributed by atoms with Gasteiger partial charge < -0.3 is 15.0 Å². The van der Waals surface area contributed by atoms with E-state index in [2.05, 4.69) is 10.1 Å². The van der Waals surface area contributed by atoms with Crippen LogP contribution < -0.4 is 10.5 Å². The van der Waals surface area contributed by atoms with Gasteiger partial charge in [0.2, 0.25) is 17.6 Å². The predicted octanol–water partition coefficient (Wildman–Crippen LogP) is 1.09. The number of likely N-dealkylation sites (tertiary alicyclic amines) is 1. The van der Waals surface area contributed by atoms with Crippen molar-refractivity contribution in [1.29, 1.82) is 0 Å². The van der Waals surface area contributed by atoms with E-state index in [9.17, 15) is 9.18 Å². The highest BCUT2D eigenvalue weighted by Crippen LogP contribution is 2.18. The fourth-order valence-corrected chi connectivity index (χ4v) is 2.49. The van der Waals surface area contributed by atoms with E-state index in [-0.39, 0.29) is 24.2 Å². The smallest absolute Gasteiger partial charge is 0.240 e. The number of nitrogens with zero attached hydrogens (tertiary/aromatic N) is 3. The topological polar surface area (TPSA) is 94.5 Å². The first-order valence-electron chi connectivity index (χ1n) is 7.31. The van der Waals surface area contributed by atoms with Crippen molar-refractivity contribution in [2.45, 2.75) is 19.6 Å². The second-order valence-electron chi connectivity index (χ2n) is 5.47. The van der Waals surface area contributed by atoms with Gasteiger partial charge in [-0.2, -0.15) is 4.98 Å². The largest absolute Gasteiger partial charge is 0.485 e. The van der Waals surface area contributed by atoms with E-state index in [4.69, 9.17) is 15.0 Å². The second-order valence-corrected chi connectivity index (χ2v) is 5.47. The van der Waals surface area contributed by atoms with E-state index in [1.807, 2.05) is 4.90 Å². The van der Waals surface area contributed by atoms with Crippen LogP contribution >= 0.6 is 0 Å². The summed E-state index contributed by atoms with van der Waals surface area (Å²) in [7, 11) is 0. The summed E-state index contributed by atoms with van der Waals surface area (Å²) in [5.74, 6) is 0.703. The molecule has 1 aromatic heterocycles. The van der Waals surface area contributed by atoms with Crippen molar-refractivity contribution in [3.8, 4) is 5.75 Å². The zero-order chi connectivity index (χ0) is 16.2. The van der Waals surface area contributed by atoms with Crippen molar-refractivity contribution in [3.63, 3.8) is 0 Å². The molecule has 1 atom stereocenters. The lowest BCUT2D eigenvalue weighted by molar-refractivity contribution is -0.121. The summed E-state index contributed by atoms with van der Waals surface area (Å²) in [6.45, 7) is 2.00. The molecule has 3 rings (SSSR count). The number of nitrogens with two attached hydrogens (primary N) is 1. The minimum absolute atomic E-state index is 0.112. The van der Waals surface area contributed by atoms with Gasteiger partial charge in [0.1, 0.15) is 11.6 Å². The standard InChI is InChI=1S/C15H17FN4O3/c16-11-1-3-12(4-2-11)22-9-13-18-14(23-19-13)8-20-6-5-10(7-20)15(17)21/h1-4,10H,5-9H2,(H2,17,21). The minimum Gasteiger partial charge on any atom is -0.485 e. The number of aromatic nitrogens is 2. The van der Waals surface area contributed by atoms with Crippen molar-refractivity contribution in [2.24, 2.45) is 11.7 Å². The van der Waals surface area contributed by atoms with Crippen LogP contribution in [0.1, 0.15) is 18.1 Å². The molecule has 2 aromatic rings. The van der Waals surface area contributed by atoms with Crippen LogP contribution in [0.5, 0.6) is 5.75 Å². The highest BCUT2D eigenvalue weighted by atomic mass is 19.1. The zero-order valence-corrected chi connectivity index (χ0v) is 12.4. The van der Waals surface area contributed by atoms with Gasteiger partial charge in [0, 0.05) is 6.54 Å². The molecule has 122 valence electrons. The van der Waals surface area contributed by atoms with Gasteiger partial charge >= 0.3 is 0 Å². The third-order valence-corrected chi connectivity index (χ3v) is 3.73. The number of carbonyl (C=O) groups is 1. The summed E-state index contributed by atoms with van der Waals surface area (Å²) in [6.07, 6.45) is 0.754. The lowest BCUT2D eigenvalue weighted by Gasteiger charge is -2.11. The zero-order valence-electron chi connectivity index (χ0n) is 12.4. The summed E-state index contributed by atoms with van der Waals surface area (Å²) in [5, 5.41) is 3.84. The molecule has 1 fully saturated rings. The van der Waals surface area contributed by atoms with Gasteiger partial charge in [0.05, 0.1) is 12.5 Å². The van der Waals surface area contributed by atoms with E-state index in [1.54, 1.807) is 0 Å². The Morgan fingerprint density at radius 3 is 2.91 bits per heavy atom. The normalized spacial score (nSPS) is 18.2. The molecule has 1 amide bonds. The Kier molecular flexibility index (Phi) is 4.52. The first-order chi connectivity index (χ1) is 11.1. The number of hydrogen-bond donors (Lipinski definition) is 1. The van der Waals surface area contributed by atoms with Crippen LogP contribution in [0.25, 0.3) is 0 Å². The lowest BCUT2D eigenvalue weighted by Crippen LogP contribution is -2.27. The van der Waals surface area contributed by atoms with E-state index in [0.717, 1.165) is 13.0 Å². The lowest BCUT2D eigenvalue weighted by atomic mass is 10.1. The molecule has 7 nitrogen and oxygen atoms in total. The molecule has 1 aliphatic heterocycles. The van der Waals surface area contributed by atoms with Crippen molar-refractivity contribution < 1.29 is 18.4 Å². The molecule has 0 bridgehead atoms. The molecule has 23 heavy (non-hydrogen) atoms. The van der Waals surface area contributed by atoms with E-state index in [1.165, 1.54) is 24.3 Å². The van der Waals surface area contributed by atoms with Gasteiger partial charge in [-0.3, -0.25) is 9.69 Å². The molecule has 1 aliphatic rings. The molecule has 1 aromatic carbocycles. The maximum atomic E-state index is 12.8. The highest BCUT2D eigenvalue weighted by Gasteiger charge is 2.27. The molecule has 2 N–H and O–H groups in total. The van der Waals surface area contributed by atoms with Crippen molar-refractivity contribution >= 4 is 5.91 Å². The Bertz CT molecular complexity index is 674. The first-order valence-corrected chi connectivity index (χ1v) is 7.31. The molecule has 0 radical (unpaired) electrons. The predicted molar refractivity (Wildman–Crippen MR) is 77.6 cm³/mol. The maximum absolute atomic E-state index is 12.8. The number of rotatable bonds is 6. The first kappa shape index (κ1) is 15.4.